The summed E-state index contributed by atoms with van der Waals surface area (Å²) in [6.07, 6.45) is 0. The molecule has 1 amide bonds. The molecule has 1 rings (SSSR count). The number of amides is 1. The Morgan fingerprint density at radius 1 is 1.37 bits per heavy atom. The van der Waals surface area contributed by atoms with Gasteiger partial charge in [0.25, 0.3) is 0 Å². The lowest BCUT2D eigenvalue weighted by molar-refractivity contribution is -0.129. The van der Waals surface area contributed by atoms with E-state index in [1.54, 1.807) is 25.1 Å². The van der Waals surface area contributed by atoms with Gasteiger partial charge in [0.2, 0.25) is 5.91 Å². The van der Waals surface area contributed by atoms with Gasteiger partial charge in [-0.3, -0.25) is 9.69 Å². The maximum absolute atomic E-state index is 11.6. The number of rotatable bonds is 7. The van der Waals surface area contributed by atoms with Crippen LogP contribution in [0.4, 0.5) is 5.69 Å². The Bertz CT molecular complexity index is 407. The van der Waals surface area contributed by atoms with Crippen molar-refractivity contribution < 1.29 is 9.53 Å². The standard InChI is InChI=1S/C14H23N3O2/c1-4-17(11-14(18)16(2)3)8-9-19-13-7-5-6-12(15)10-13/h5-7,10H,4,8-9,11,15H2,1-3H3. The van der Waals surface area contributed by atoms with Gasteiger partial charge in [-0.05, 0) is 18.7 Å². The molecule has 1 aromatic rings. The van der Waals surface area contributed by atoms with E-state index in [0.717, 1.165) is 12.3 Å². The summed E-state index contributed by atoms with van der Waals surface area (Å²) in [4.78, 5) is 15.3. The van der Waals surface area contributed by atoms with Crippen molar-refractivity contribution >= 4 is 11.6 Å². The number of nitrogen functional groups attached to an aromatic ring is 1. The second-order valence-corrected chi connectivity index (χ2v) is 4.58. The minimum absolute atomic E-state index is 0.103. The molecule has 0 radical (unpaired) electrons. The molecule has 1 aromatic carbocycles. The molecule has 0 aliphatic heterocycles. The second-order valence-electron chi connectivity index (χ2n) is 4.58. The zero-order chi connectivity index (χ0) is 14.3. The molecular formula is C14H23N3O2. The Labute approximate surface area is 114 Å². The molecule has 0 saturated carbocycles. The van der Waals surface area contributed by atoms with Gasteiger partial charge < -0.3 is 15.4 Å². The molecule has 5 nitrogen and oxygen atoms in total. The smallest absolute Gasteiger partial charge is 0.236 e. The molecule has 106 valence electrons. The van der Waals surface area contributed by atoms with Gasteiger partial charge in [0.1, 0.15) is 12.4 Å². The van der Waals surface area contributed by atoms with Crippen LogP contribution in [-0.2, 0) is 4.79 Å². The molecule has 0 heterocycles. The Morgan fingerprint density at radius 3 is 2.68 bits per heavy atom. The van der Waals surface area contributed by atoms with E-state index in [9.17, 15) is 4.79 Å². The lowest BCUT2D eigenvalue weighted by Gasteiger charge is -2.21. The molecule has 0 bridgehead atoms. The Morgan fingerprint density at radius 2 is 2.11 bits per heavy atom. The van der Waals surface area contributed by atoms with Crippen LogP contribution in [0.5, 0.6) is 5.75 Å². The molecule has 0 fully saturated rings. The molecule has 19 heavy (non-hydrogen) atoms. The first-order valence-electron chi connectivity index (χ1n) is 6.43. The van der Waals surface area contributed by atoms with Gasteiger partial charge in [-0.25, -0.2) is 0 Å². The number of likely N-dealkylation sites (N-methyl/N-ethyl adjacent to an activating group) is 2. The summed E-state index contributed by atoms with van der Waals surface area (Å²) in [5, 5.41) is 0. The van der Waals surface area contributed by atoms with Crippen molar-refractivity contribution in [1.29, 1.82) is 0 Å². The van der Waals surface area contributed by atoms with Crippen LogP contribution in [0.25, 0.3) is 0 Å². The van der Waals surface area contributed by atoms with E-state index >= 15 is 0 Å². The SMILES string of the molecule is CCN(CCOc1cccc(N)c1)CC(=O)N(C)C. The van der Waals surface area contributed by atoms with Crippen LogP contribution in [-0.4, -0.2) is 56.0 Å². The predicted octanol–water partition coefficient (Wildman–Crippen LogP) is 1.06. The third-order valence-electron chi connectivity index (χ3n) is 2.84. The van der Waals surface area contributed by atoms with Crippen molar-refractivity contribution in [1.82, 2.24) is 9.80 Å². The first-order chi connectivity index (χ1) is 9.02. The molecule has 0 aromatic heterocycles. The number of hydrogen-bond donors (Lipinski definition) is 1. The van der Waals surface area contributed by atoms with Crippen LogP contribution in [0.3, 0.4) is 0 Å². The minimum Gasteiger partial charge on any atom is -0.492 e. The predicted molar refractivity (Wildman–Crippen MR) is 77.2 cm³/mol. The first kappa shape index (κ1) is 15.3. The Kier molecular flexibility index (Phi) is 6.15. The molecule has 0 spiro atoms. The number of hydrogen-bond acceptors (Lipinski definition) is 4. The molecule has 0 unspecified atom stereocenters. The Hall–Kier alpha value is -1.75. The van der Waals surface area contributed by atoms with Gasteiger partial charge in [-0.15, -0.1) is 0 Å². The van der Waals surface area contributed by atoms with Crippen molar-refractivity contribution in [3.8, 4) is 5.75 Å². The fourth-order valence-corrected chi connectivity index (χ4v) is 1.58. The summed E-state index contributed by atoms with van der Waals surface area (Å²) in [7, 11) is 3.53. The maximum atomic E-state index is 11.6. The Balaban J connectivity index is 2.35. The quantitative estimate of drug-likeness (QED) is 0.749. The monoisotopic (exact) mass is 265 g/mol. The highest BCUT2D eigenvalue weighted by atomic mass is 16.5. The fourth-order valence-electron chi connectivity index (χ4n) is 1.58. The van der Waals surface area contributed by atoms with Gasteiger partial charge in [0.15, 0.2) is 0 Å². The second kappa shape index (κ2) is 7.63. The van der Waals surface area contributed by atoms with Crippen LogP contribution in [0.2, 0.25) is 0 Å². The van der Waals surface area contributed by atoms with E-state index in [2.05, 4.69) is 4.90 Å². The van der Waals surface area contributed by atoms with Gasteiger partial charge in [0.05, 0.1) is 6.54 Å². The largest absolute Gasteiger partial charge is 0.492 e. The topological polar surface area (TPSA) is 58.8 Å². The van der Waals surface area contributed by atoms with E-state index in [1.165, 1.54) is 0 Å². The average molecular weight is 265 g/mol. The van der Waals surface area contributed by atoms with Crippen LogP contribution in [0.15, 0.2) is 24.3 Å². The van der Waals surface area contributed by atoms with E-state index in [4.69, 9.17) is 10.5 Å². The summed E-state index contributed by atoms with van der Waals surface area (Å²) in [6, 6.07) is 7.34. The third-order valence-corrected chi connectivity index (χ3v) is 2.84. The normalized spacial score (nSPS) is 10.5. The maximum Gasteiger partial charge on any atom is 0.236 e. The highest BCUT2D eigenvalue weighted by molar-refractivity contribution is 5.77. The van der Waals surface area contributed by atoms with Gasteiger partial charge >= 0.3 is 0 Å². The summed E-state index contributed by atoms with van der Waals surface area (Å²) in [5.74, 6) is 0.862. The number of anilines is 1. The zero-order valence-corrected chi connectivity index (χ0v) is 11.9. The molecule has 5 heteroatoms. The van der Waals surface area contributed by atoms with Crippen LogP contribution >= 0.6 is 0 Å². The first-order valence-corrected chi connectivity index (χ1v) is 6.43. The summed E-state index contributed by atoms with van der Waals surface area (Å²) in [5.41, 5.74) is 6.36. The number of benzene rings is 1. The number of nitrogens with two attached hydrogens (primary N) is 1. The zero-order valence-electron chi connectivity index (χ0n) is 11.9. The molecule has 2 N–H and O–H groups in total. The molecule has 0 aliphatic carbocycles. The number of nitrogens with zero attached hydrogens (tertiary/aromatic N) is 2. The van der Waals surface area contributed by atoms with Crippen molar-refractivity contribution in [3.63, 3.8) is 0 Å². The highest BCUT2D eigenvalue weighted by Crippen LogP contribution is 2.14. The van der Waals surface area contributed by atoms with Gasteiger partial charge in [-0.1, -0.05) is 13.0 Å². The van der Waals surface area contributed by atoms with Crippen LogP contribution in [0.1, 0.15) is 6.92 Å². The van der Waals surface area contributed by atoms with Crippen LogP contribution < -0.4 is 10.5 Å². The van der Waals surface area contributed by atoms with Gasteiger partial charge in [0, 0.05) is 32.4 Å². The van der Waals surface area contributed by atoms with Gasteiger partial charge in [-0.2, -0.15) is 0 Å². The van der Waals surface area contributed by atoms with E-state index < -0.39 is 0 Å². The number of carbonyl (C=O) groups is 1. The third kappa shape index (κ3) is 5.61. The lowest BCUT2D eigenvalue weighted by Crippen LogP contribution is -2.38. The van der Waals surface area contributed by atoms with E-state index in [1.807, 2.05) is 25.1 Å². The summed E-state index contributed by atoms with van der Waals surface area (Å²) < 4.78 is 5.61. The lowest BCUT2D eigenvalue weighted by atomic mass is 10.3. The van der Waals surface area contributed by atoms with Crippen molar-refractivity contribution in [2.24, 2.45) is 0 Å². The van der Waals surface area contributed by atoms with Crippen molar-refractivity contribution in [2.75, 3.05) is 46.1 Å². The molecule has 0 aliphatic rings. The van der Waals surface area contributed by atoms with Crippen LogP contribution in [0, 0.1) is 0 Å². The summed E-state index contributed by atoms with van der Waals surface area (Å²) >= 11 is 0. The average Bonchev–Trinajstić information content (AvgIpc) is 2.37. The summed E-state index contributed by atoms with van der Waals surface area (Å²) in [6.45, 7) is 4.52. The van der Waals surface area contributed by atoms with E-state index in [0.29, 0.717) is 25.4 Å². The molecular weight excluding hydrogens is 242 g/mol. The molecule has 0 saturated heterocycles. The highest BCUT2D eigenvalue weighted by Gasteiger charge is 2.10. The number of carbonyl (C=O) groups excluding carboxylic acids is 1. The number of ether oxygens (including phenoxy) is 1. The van der Waals surface area contributed by atoms with Crippen molar-refractivity contribution in [2.45, 2.75) is 6.92 Å². The molecule has 0 atom stereocenters. The minimum atomic E-state index is 0.103. The fraction of sp³-hybridized carbons (Fsp3) is 0.500. The van der Waals surface area contributed by atoms with Crippen molar-refractivity contribution in [3.05, 3.63) is 24.3 Å². The van der Waals surface area contributed by atoms with E-state index in [-0.39, 0.29) is 5.91 Å².